The number of rotatable bonds is 5. The zero-order valence-corrected chi connectivity index (χ0v) is 9.98. The number of aromatic nitrogens is 1. The van der Waals surface area contributed by atoms with Gasteiger partial charge in [-0.1, -0.05) is 0 Å². The standard InChI is InChI=1S/C12H13N3O4/c16-6-8(7-17)14-11-1-2-12(15(18)19)10-5-13-4-3-9(10)11/h1-5,8,14,16-17H,6-7H2. The number of non-ortho nitro benzene ring substituents is 1. The highest BCUT2D eigenvalue weighted by atomic mass is 16.6. The molecule has 1 heterocycles. The fourth-order valence-corrected chi connectivity index (χ4v) is 1.83. The molecule has 100 valence electrons. The molecule has 2 rings (SSSR count). The van der Waals surface area contributed by atoms with Crippen molar-refractivity contribution in [1.82, 2.24) is 4.98 Å². The van der Waals surface area contributed by atoms with Crippen LogP contribution in [0.2, 0.25) is 0 Å². The summed E-state index contributed by atoms with van der Waals surface area (Å²) in [5, 5.41) is 33.0. The van der Waals surface area contributed by atoms with Gasteiger partial charge in [0.05, 0.1) is 29.6 Å². The molecular formula is C12H13N3O4. The van der Waals surface area contributed by atoms with Crippen molar-refractivity contribution in [3.05, 3.63) is 40.7 Å². The van der Waals surface area contributed by atoms with Gasteiger partial charge < -0.3 is 15.5 Å². The number of nitro groups is 1. The summed E-state index contributed by atoms with van der Waals surface area (Å²) in [4.78, 5) is 14.4. The van der Waals surface area contributed by atoms with Crippen molar-refractivity contribution in [3.63, 3.8) is 0 Å². The first-order chi connectivity index (χ1) is 9.17. The molecule has 1 aromatic heterocycles. The fraction of sp³-hybridized carbons (Fsp3) is 0.250. The van der Waals surface area contributed by atoms with E-state index in [4.69, 9.17) is 10.2 Å². The van der Waals surface area contributed by atoms with Crippen LogP contribution in [0.3, 0.4) is 0 Å². The third-order valence-electron chi connectivity index (χ3n) is 2.79. The second-order valence-electron chi connectivity index (χ2n) is 4.02. The van der Waals surface area contributed by atoms with Crippen molar-refractivity contribution >= 4 is 22.1 Å². The molecule has 0 aliphatic heterocycles. The smallest absolute Gasteiger partial charge is 0.278 e. The van der Waals surface area contributed by atoms with E-state index in [0.29, 0.717) is 16.5 Å². The monoisotopic (exact) mass is 263 g/mol. The summed E-state index contributed by atoms with van der Waals surface area (Å²) in [5.41, 5.74) is 0.578. The number of anilines is 1. The molecule has 0 amide bonds. The molecule has 19 heavy (non-hydrogen) atoms. The van der Waals surface area contributed by atoms with Crippen molar-refractivity contribution in [3.8, 4) is 0 Å². The van der Waals surface area contributed by atoms with E-state index in [1.54, 1.807) is 12.1 Å². The SMILES string of the molecule is O=[N+]([O-])c1ccc(NC(CO)CO)c2ccncc12. The molecule has 0 radical (unpaired) electrons. The van der Waals surface area contributed by atoms with Gasteiger partial charge in [-0.3, -0.25) is 15.1 Å². The summed E-state index contributed by atoms with van der Waals surface area (Å²) in [5.74, 6) is 0. The van der Waals surface area contributed by atoms with Crippen LogP contribution in [0.15, 0.2) is 30.6 Å². The highest BCUT2D eigenvalue weighted by Crippen LogP contribution is 2.30. The molecule has 2 aromatic rings. The third kappa shape index (κ3) is 2.61. The summed E-state index contributed by atoms with van der Waals surface area (Å²) in [6.07, 6.45) is 2.95. The Morgan fingerprint density at radius 3 is 2.63 bits per heavy atom. The first kappa shape index (κ1) is 13.2. The minimum Gasteiger partial charge on any atom is -0.394 e. The van der Waals surface area contributed by atoms with Crippen molar-refractivity contribution < 1.29 is 15.1 Å². The summed E-state index contributed by atoms with van der Waals surface area (Å²) in [6.45, 7) is -0.472. The summed E-state index contributed by atoms with van der Waals surface area (Å²) >= 11 is 0. The van der Waals surface area contributed by atoms with Crippen LogP contribution in [-0.4, -0.2) is 39.4 Å². The Morgan fingerprint density at radius 2 is 2.00 bits per heavy atom. The van der Waals surface area contributed by atoms with Crippen molar-refractivity contribution in [1.29, 1.82) is 0 Å². The second-order valence-corrected chi connectivity index (χ2v) is 4.02. The topological polar surface area (TPSA) is 109 Å². The van der Waals surface area contributed by atoms with Crippen LogP contribution in [0.5, 0.6) is 0 Å². The number of nitrogens with zero attached hydrogens (tertiary/aromatic N) is 2. The van der Waals surface area contributed by atoms with Crippen LogP contribution in [0, 0.1) is 10.1 Å². The van der Waals surface area contributed by atoms with Gasteiger partial charge in [0.1, 0.15) is 0 Å². The van der Waals surface area contributed by atoms with E-state index in [0.717, 1.165) is 0 Å². The first-order valence-corrected chi connectivity index (χ1v) is 5.66. The maximum atomic E-state index is 10.9. The molecule has 1 aromatic carbocycles. The maximum absolute atomic E-state index is 10.9. The normalized spacial score (nSPS) is 10.9. The highest BCUT2D eigenvalue weighted by Gasteiger charge is 2.15. The molecule has 0 fully saturated rings. The van der Waals surface area contributed by atoms with Crippen LogP contribution in [0.4, 0.5) is 11.4 Å². The summed E-state index contributed by atoms with van der Waals surface area (Å²) < 4.78 is 0. The Balaban J connectivity index is 2.52. The lowest BCUT2D eigenvalue weighted by Gasteiger charge is -2.16. The predicted molar refractivity (Wildman–Crippen MR) is 70.0 cm³/mol. The van der Waals surface area contributed by atoms with Gasteiger partial charge in [-0.05, 0) is 12.1 Å². The van der Waals surface area contributed by atoms with Crippen molar-refractivity contribution in [2.24, 2.45) is 0 Å². The lowest BCUT2D eigenvalue weighted by molar-refractivity contribution is -0.383. The Bertz CT molecular complexity index is 599. The Labute approximate surface area is 108 Å². The molecule has 0 saturated carbocycles. The number of hydrogen-bond acceptors (Lipinski definition) is 6. The lowest BCUT2D eigenvalue weighted by atomic mass is 10.1. The van der Waals surface area contributed by atoms with Gasteiger partial charge in [0, 0.05) is 29.5 Å². The predicted octanol–water partition coefficient (Wildman–Crippen LogP) is 0.908. The largest absolute Gasteiger partial charge is 0.394 e. The van der Waals surface area contributed by atoms with Gasteiger partial charge in [0.25, 0.3) is 5.69 Å². The molecule has 7 heteroatoms. The lowest BCUT2D eigenvalue weighted by Crippen LogP contribution is -2.27. The van der Waals surface area contributed by atoms with E-state index < -0.39 is 11.0 Å². The van der Waals surface area contributed by atoms with E-state index in [9.17, 15) is 10.1 Å². The summed E-state index contributed by atoms with van der Waals surface area (Å²) in [7, 11) is 0. The summed E-state index contributed by atoms with van der Waals surface area (Å²) in [6, 6.07) is 4.06. The molecule has 0 aliphatic rings. The molecule has 0 spiro atoms. The molecule has 7 nitrogen and oxygen atoms in total. The number of hydrogen-bond donors (Lipinski definition) is 3. The molecule has 0 saturated heterocycles. The van der Waals surface area contributed by atoms with Gasteiger partial charge in [0.2, 0.25) is 0 Å². The Hall–Kier alpha value is -2.25. The van der Waals surface area contributed by atoms with Gasteiger partial charge in [-0.25, -0.2) is 0 Å². The molecule has 0 aliphatic carbocycles. The van der Waals surface area contributed by atoms with E-state index in [-0.39, 0.29) is 18.9 Å². The Kier molecular flexibility index (Phi) is 3.88. The van der Waals surface area contributed by atoms with Crippen molar-refractivity contribution in [2.75, 3.05) is 18.5 Å². The molecular weight excluding hydrogens is 250 g/mol. The van der Waals surface area contributed by atoms with Crippen LogP contribution in [0.25, 0.3) is 10.8 Å². The minimum atomic E-state index is -0.516. The van der Waals surface area contributed by atoms with Gasteiger partial charge >= 0.3 is 0 Å². The van der Waals surface area contributed by atoms with Crippen LogP contribution < -0.4 is 5.32 Å². The molecule has 0 bridgehead atoms. The minimum absolute atomic E-state index is 0.0294. The first-order valence-electron chi connectivity index (χ1n) is 5.66. The maximum Gasteiger partial charge on any atom is 0.278 e. The van der Waals surface area contributed by atoms with Gasteiger partial charge in [-0.2, -0.15) is 0 Å². The zero-order chi connectivity index (χ0) is 13.8. The Morgan fingerprint density at radius 1 is 1.26 bits per heavy atom. The van der Waals surface area contributed by atoms with Crippen LogP contribution in [-0.2, 0) is 0 Å². The molecule has 3 N–H and O–H groups in total. The molecule has 0 atom stereocenters. The van der Waals surface area contributed by atoms with Gasteiger partial charge in [0.15, 0.2) is 0 Å². The third-order valence-corrected chi connectivity index (χ3v) is 2.79. The van der Waals surface area contributed by atoms with E-state index in [1.807, 2.05) is 0 Å². The average Bonchev–Trinajstić information content (AvgIpc) is 2.44. The molecule has 0 unspecified atom stereocenters. The fourth-order valence-electron chi connectivity index (χ4n) is 1.83. The second kappa shape index (κ2) is 5.59. The van der Waals surface area contributed by atoms with Crippen molar-refractivity contribution in [2.45, 2.75) is 6.04 Å². The van der Waals surface area contributed by atoms with E-state index >= 15 is 0 Å². The van der Waals surface area contributed by atoms with E-state index in [1.165, 1.54) is 18.5 Å². The quantitative estimate of drug-likeness (QED) is 0.546. The number of benzene rings is 1. The van der Waals surface area contributed by atoms with Crippen LogP contribution in [0.1, 0.15) is 0 Å². The average molecular weight is 263 g/mol. The number of aliphatic hydroxyl groups is 2. The number of fused-ring (bicyclic) bond motifs is 1. The van der Waals surface area contributed by atoms with E-state index in [2.05, 4.69) is 10.3 Å². The number of nitro benzene ring substituents is 1. The number of aliphatic hydroxyl groups excluding tert-OH is 2. The number of nitrogens with one attached hydrogen (secondary N) is 1. The number of pyridine rings is 1. The van der Waals surface area contributed by atoms with Crippen LogP contribution >= 0.6 is 0 Å². The highest BCUT2D eigenvalue weighted by molar-refractivity contribution is 5.99. The zero-order valence-electron chi connectivity index (χ0n) is 9.98. The van der Waals surface area contributed by atoms with Gasteiger partial charge in [-0.15, -0.1) is 0 Å².